The quantitative estimate of drug-likeness (QED) is 0.715. The van der Waals surface area contributed by atoms with Crippen LogP contribution in [0.5, 0.6) is 0 Å². The molecule has 1 N–H and O–H groups in total. The Kier molecular flexibility index (Phi) is 4.78. The lowest BCUT2D eigenvalue weighted by atomic mass is 9.89. The number of aryl methyl sites for hydroxylation is 2. The molecule has 0 fully saturated rings. The first-order valence-electron chi connectivity index (χ1n) is 8.98. The molecule has 1 aliphatic rings. The molecule has 0 unspecified atom stereocenters. The third kappa shape index (κ3) is 3.51. The van der Waals surface area contributed by atoms with E-state index in [-0.39, 0.29) is 18.0 Å². The van der Waals surface area contributed by atoms with Crippen molar-refractivity contribution in [2.75, 3.05) is 5.32 Å². The molecule has 1 aromatic carbocycles. The number of carbonyl (C=O) groups is 1. The molecule has 2 aromatic heterocycles. The summed E-state index contributed by atoms with van der Waals surface area (Å²) >= 11 is 7.56. The van der Waals surface area contributed by atoms with Gasteiger partial charge in [0.25, 0.3) is 5.56 Å². The molecule has 0 bridgehead atoms. The second-order valence-corrected chi connectivity index (χ2v) is 8.74. The zero-order valence-corrected chi connectivity index (χ0v) is 16.8. The summed E-state index contributed by atoms with van der Waals surface area (Å²) in [6.45, 7) is 4.05. The van der Waals surface area contributed by atoms with E-state index in [2.05, 4.69) is 17.2 Å². The van der Waals surface area contributed by atoms with Gasteiger partial charge in [-0.25, -0.2) is 4.98 Å². The lowest BCUT2D eigenvalue weighted by Crippen LogP contribution is -2.28. The molecule has 7 heteroatoms. The number of anilines is 1. The van der Waals surface area contributed by atoms with E-state index in [0.717, 1.165) is 35.2 Å². The fraction of sp³-hybridized carbons (Fsp3) is 0.350. The van der Waals surface area contributed by atoms with Crippen LogP contribution in [0.15, 0.2) is 29.3 Å². The van der Waals surface area contributed by atoms with Gasteiger partial charge < -0.3 is 5.32 Å². The fourth-order valence-corrected chi connectivity index (χ4v) is 5.16. The summed E-state index contributed by atoms with van der Waals surface area (Å²) in [5, 5.41) is 4.15. The number of nitrogens with one attached hydrogen (secondary N) is 1. The van der Waals surface area contributed by atoms with Gasteiger partial charge in [-0.1, -0.05) is 18.5 Å². The van der Waals surface area contributed by atoms with Gasteiger partial charge in [-0.15, -0.1) is 11.3 Å². The molecule has 3 aromatic rings. The Hall–Kier alpha value is -2.18. The van der Waals surface area contributed by atoms with Gasteiger partial charge in [-0.05, 0) is 61.4 Å². The van der Waals surface area contributed by atoms with Crippen LogP contribution >= 0.6 is 22.9 Å². The average molecular weight is 402 g/mol. The zero-order valence-electron chi connectivity index (χ0n) is 15.2. The molecule has 27 heavy (non-hydrogen) atoms. The van der Waals surface area contributed by atoms with Crippen molar-refractivity contribution in [1.29, 1.82) is 0 Å². The van der Waals surface area contributed by atoms with Gasteiger partial charge in [0.05, 0.1) is 11.7 Å². The van der Waals surface area contributed by atoms with Crippen molar-refractivity contribution in [1.82, 2.24) is 9.55 Å². The highest BCUT2D eigenvalue weighted by molar-refractivity contribution is 7.18. The Bertz CT molecular complexity index is 1100. The standard InChI is InChI=1S/C20H20ClN3O2S/c1-11-3-5-14-16(7-11)27-19-18(14)20(26)24(10-22-19)9-17(25)23-15-6-4-13(21)8-12(15)2/h4,6,8,10-11H,3,5,7,9H2,1-2H3,(H,23,25)/t11-/m1/s1. The number of fused-ring (bicyclic) bond motifs is 3. The Labute approximate surface area is 166 Å². The summed E-state index contributed by atoms with van der Waals surface area (Å²) in [4.78, 5) is 31.9. The highest BCUT2D eigenvalue weighted by Crippen LogP contribution is 2.35. The van der Waals surface area contributed by atoms with Crippen LogP contribution in [0.2, 0.25) is 5.02 Å². The van der Waals surface area contributed by atoms with Crippen LogP contribution in [0.3, 0.4) is 0 Å². The van der Waals surface area contributed by atoms with Crippen molar-refractivity contribution in [2.24, 2.45) is 5.92 Å². The first kappa shape index (κ1) is 18.2. The van der Waals surface area contributed by atoms with Crippen LogP contribution in [0, 0.1) is 12.8 Å². The van der Waals surface area contributed by atoms with E-state index < -0.39 is 0 Å². The highest BCUT2D eigenvalue weighted by atomic mass is 35.5. The molecule has 0 radical (unpaired) electrons. The third-order valence-electron chi connectivity index (χ3n) is 5.06. The van der Waals surface area contributed by atoms with Crippen LogP contribution in [-0.4, -0.2) is 15.5 Å². The minimum atomic E-state index is -0.263. The minimum Gasteiger partial charge on any atom is -0.324 e. The maximum atomic E-state index is 13.0. The number of amides is 1. The number of nitrogens with zero attached hydrogens (tertiary/aromatic N) is 2. The predicted molar refractivity (Wildman–Crippen MR) is 110 cm³/mol. The molecule has 0 saturated carbocycles. The monoisotopic (exact) mass is 401 g/mol. The second-order valence-electron chi connectivity index (χ2n) is 7.22. The van der Waals surface area contributed by atoms with Crippen LogP contribution in [-0.2, 0) is 24.2 Å². The maximum absolute atomic E-state index is 13.0. The van der Waals surface area contributed by atoms with Gasteiger partial charge >= 0.3 is 0 Å². The number of aromatic nitrogens is 2. The number of benzene rings is 1. The largest absolute Gasteiger partial charge is 0.324 e. The Morgan fingerprint density at radius 3 is 3.04 bits per heavy atom. The number of rotatable bonds is 3. The molecule has 1 atom stereocenters. The first-order chi connectivity index (χ1) is 12.9. The molecule has 0 aliphatic heterocycles. The van der Waals surface area contributed by atoms with Crippen molar-refractivity contribution < 1.29 is 4.79 Å². The zero-order chi connectivity index (χ0) is 19.1. The van der Waals surface area contributed by atoms with Gasteiger partial charge in [-0.3, -0.25) is 14.2 Å². The van der Waals surface area contributed by atoms with Gasteiger partial charge in [0.1, 0.15) is 11.4 Å². The first-order valence-corrected chi connectivity index (χ1v) is 10.2. The summed E-state index contributed by atoms with van der Waals surface area (Å²) in [7, 11) is 0. The fourth-order valence-electron chi connectivity index (χ4n) is 3.59. The number of hydrogen-bond donors (Lipinski definition) is 1. The van der Waals surface area contributed by atoms with Crippen molar-refractivity contribution in [3.63, 3.8) is 0 Å². The van der Waals surface area contributed by atoms with Crippen molar-refractivity contribution in [3.8, 4) is 0 Å². The SMILES string of the molecule is Cc1cc(Cl)ccc1NC(=O)Cn1cnc2sc3c(c2c1=O)CC[C@@H](C)C3. The molecule has 0 spiro atoms. The van der Waals surface area contributed by atoms with E-state index in [1.165, 1.54) is 15.8 Å². The summed E-state index contributed by atoms with van der Waals surface area (Å²) in [5.74, 6) is 0.377. The summed E-state index contributed by atoms with van der Waals surface area (Å²) < 4.78 is 1.40. The smallest absolute Gasteiger partial charge is 0.262 e. The van der Waals surface area contributed by atoms with Crippen LogP contribution < -0.4 is 10.9 Å². The molecule has 140 valence electrons. The van der Waals surface area contributed by atoms with Crippen LogP contribution in [0.1, 0.15) is 29.3 Å². The van der Waals surface area contributed by atoms with Crippen molar-refractivity contribution >= 4 is 44.7 Å². The van der Waals surface area contributed by atoms with Crippen LogP contribution in [0.25, 0.3) is 10.2 Å². The Morgan fingerprint density at radius 1 is 1.44 bits per heavy atom. The lowest BCUT2D eigenvalue weighted by Gasteiger charge is -2.17. The molecule has 1 aliphatic carbocycles. The third-order valence-corrected chi connectivity index (χ3v) is 6.46. The number of thiophene rings is 1. The summed E-state index contributed by atoms with van der Waals surface area (Å²) in [6, 6.07) is 5.27. The molecule has 4 rings (SSSR count). The van der Waals surface area contributed by atoms with E-state index in [1.54, 1.807) is 29.5 Å². The topological polar surface area (TPSA) is 64.0 Å². The van der Waals surface area contributed by atoms with E-state index in [9.17, 15) is 9.59 Å². The molecular weight excluding hydrogens is 382 g/mol. The number of hydrogen-bond acceptors (Lipinski definition) is 4. The summed E-state index contributed by atoms with van der Waals surface area (Å²) in [6.07, 6.45) is 4.48. The normalized spacial score (nSPS) is 16.3. The van der Waals surface area contributed by atoms with Gasteiger partial charge in [0, 0.05) is 15.6 Å². The van der Waals surface area contributed by atoms with E-state index in [0.29, 0.717) is 22.0 Å². The number of carbonyl (C=O) groups excluding carboxylic acids is 1. The van der Waals surface area contributed by atoms with E-state index >= 15 is 0 Å². The van der Waals surface area contributed by atoms with Gasteiger partial charge in [-0.2, -0.15) is 0 Å². The van der Waals surface area contributed by atoms with Crippen LogP contribution in [0.4, 0.5) is 5.69 Å². The molecule has 0 saturated heterocycles. The molecular formula is C20H20ClN3O2S. The highest BCUT2D eigenvalue weighted by Gasteiger charge is 2.23. The average Bonchev–Trinajstić information content (AvgIpc) is 2.98. The predicted octanol–water partition coefficient (Wildman–Crippen LogP) is 4.18. The van der Waals surface area contributed by atoms with Gasteiger partial charge in [0.2, 0.25) is 5.91 Å². The molecule has 5 nitrogen and oxygen atoms in total. The van der Waals surface area contributed by atoms with Crippen molar-refractivity contribution in [3.05, 3.63) is 55.9 Å². The van der Waals surface area contributed by atoms with E-state index in [1.807, 2.05) is 6.92 Å². The number of halogens is 1. The minimum absolute atomic E-state index is 0.0646. The Balaban J connectivity index is 1.61. The van der Waals surface area contributed by atoms with E-state index in [4.69, 9.17) is 11.6 Å². The summed E-state index contributed by atoms with van der Waals surface area (Å²) in [5.41, 5.74) is 2.56. The Morgan fingerprint density at radius 2 is 2.26 bits per heavy atom. The van der Waals surface area contributed by atoms with Crippen molar-refractivity contribution in [2.45, 2.75) is 39.7 Å². The lowest BCUT2D eigenvalue weighted by molar-refractivity contribution is -0.116. The van der Waals surface area contributed by atoms with Gasteiger partial charge in [0.15, 0.2) is 0 Å². The second kappa shape index (κ2) is 7.09. The molecule has 2 heterocycles. The molecule has 1 amide bonds. The maximum Gasteiger partial charge on any atom is 0.262 e.